The van der Waals surface area contributed by atoms with Gasteiger partial charge in [0, 0.05) is 17.0 Å². The van der Waals surface area contributed by atoms with Crippen molar-refractivity contribution in [3.05, 3.63) is 41.2 Å². The smallest absolute Gasteiger partial charge is 0.133 e. The number of benzene rings is 1. The quantitative estimate of drug-likeness (QED) is 0.789. The second-order valence-corrected chi connectivity index (χ2v) is 6.19. The van der Waals surface area contributed by atoms with Gasteiger partial charge in [0.05, 0.1) is 0 Å². The Morgan fingerprint density at radius 2 is 1.95 bits per heavy atom. The van der Waals surface area contributed by atoms with E-state index in [1.165, 1.54) is 21.6 Å². The van der Waals surface area contributed by atoms with Crippen molar-refractivity contribution >= 4 is 17.6 Å². The number of rotatable bonds is 6. The number of aryl methyl sites for hydroxylation is 2. The van der Waals surface area contributed by atoms with E-state index in [4.69, 9.17) is 0 Å². The molecule has 4 heteroatoms. The van der Waals surface area contributed by atoms with Crippen molar-refractivity contribution in [2.24, 2.45) is 0 Å². The minimum atomic E-state index is 0.931. The largest absolute Gasteiger partial charge is 0.370 e. The zero-order valence-electron chi connectivity index (χ0n) is 13.2. The first-order valence-electron chi connectivity index (χ1n) is 7.48. The molecule has 0 radical (unpaired) electrons. The van der Waals surface area contributed by atoms with Gasteiger partial charge in [0.1, 0.15) is 17.2 Å². The van der Waals surface area contributed by atoms with Crippen LogP contribution in [0.4, 0.5) is 5.82 Å². The van der Waals surface area contributed by atoms with E-state index in [1.807, 2.05) is 0 Å². The lowest BCUT2D eigenvalue weighted by Crippen LogP contribution is -2.07. The summed E-state index contributed by atoms with van der Waals surface area (Å²) in [7, 11) is 0. The fourth-order valence-corrected chi connectivity index (χ4v) is 3.24. The molecule has 0 bridgehead atoms. The van der Waals surface area contributed by atoms with Gasteiger partial charge in [-0.15, -0.1) is 0 Å². The van der Waals surface area contributed by atoms with E-state index in [9.17, 15) is 0 Å². The van der Waals surface area contributed by atoms with Crippen molar-refractivity contribution in [2.45, 2.75) is 50.5 Å². The maximum atomic E-state index is 4.49. The first kappa shape index (κ1) is 15.8. The van der Waals surface area contributed by atoms with E-state index in [2.05, 4.69) is 61.2 Å². The summed E-state index contributed by atoms with van der Waals surface area (Å²) < 4.78 is 0. The molecule has 3 nitrogen and oxygen atoms in total. The summed E-state index contributed by atoms with van der Waals surface area (Å²) in [4.78, 5) is 10.1. The molecule has 2 aromatic rings. The van der Waals surface area contributed by atoms with Gasteiger partial charge >= 0.3 is 0 Å². The summed E-state index contributed by atoms with van der Waals surface area (Å²) in [5.74, 6) is 0.974. The Labute approximate surface area is 131 Å². The summed E-state index contributed by atoms with van der Waals surface area (Å²) in [6.45, 7) is 9.53. The molecular formula is C17H23N3S. The highest BCUT2D eigenvalue weighted by atomic mass is 32.2. The molecule has 0 fully saturated rings. The van der Waals surface area contributed by atoms with Crippen LogP contribution in [0.3, 0.4) is 0 Å². The average molecular weight is 301 g/mol. The molecular weight excluding hydrogens is 278 g/mol. The van der Waals surface area contributed by atoms with Crippen molar-refractivity contribution in [2.75, 3.05) is 11.9 Å². The molecule has 0 aliphatic rings. The molecule has 2 rings (SSSR count). The van der Waals surface area contributed by atoms with Crippen LogP contribution in [0, 0.1) is 13.8 Å². The van der Waals surface area contributed by atoms with Crippen LogP contribution >= 0.6 is 11.8 Å². The van der Waals surface area contributed by atoms with Crippen LogP contribution in [0.2, 0.25) is 0 Å². The van der Waals surface area contributed by atoms with Gasteiger partial charge in [-0.2, -0.15) is 0 Å². The molecule has 0 saturated heterocycles. The highest BCUT2D eigenvalue weighted by Gasteiger charge is 2.12. The third-order valence-corrected chi connectivity index (χ3v) is 4.56. The maximum Gasteiger partial charge on any atom is 0.133 e. The molecule has 0 aliphatic heterocycles. The zero-order chi connectivity index (χ0) is 15.2. The highest BCUT2D eigenvalue weighted by molar-refractivity contribution is 7.99. The van der Waals surface area contributed by atoms with Crippen molar-refractivity contribution < 1.29 is 0 Å². The summed E-state index contributed by atoms with van der Waals surface area (Å²) in [5, 5.41) is 4.45. The Morgan fingerprint density at radius 1 is 1.14 bits per heavy atom. The predicted molar refractivity (Wildman–Crippen MR) is 90.2 cm³/mol. The van der Waals surface area contributed by atoms with Gasteiger partial charge in [0.25, 0.3) is 0 Å². The fraction of sp³-hybridized carbons (Fsp3) is 0.412. The van der Waals surface area contributed by atoms with Gasteiger partial charge in [-0.1, -0.05) is 43.3 Å². The Morgan fingerprint density at radius 3 is 2.62 bits per heavy atom. The Bertz CT molecular complexity index is 611. The van der Waals surface area contributed by atoms with E-state index >= 15 is 0 Å². The molecule has 0 atom stereocenters. The van der Waals surface area contributed by atoms with Crippen molar-refractivity contribution in [1.82, 2.24) is 9.97 Å². The van der Waals surface area contributed by atoms with E-state index < -0.39 is 0 Å². The molecule has 0 spiro atoms. The van der Waals surface area contributed by atoms with Crippen LogP contribution in [0.1, 0.15) is 37.0 Å². The molecule has 0 amide bonds. The normalized spacial score (nSPS) is 10.7. The number of nitrogens with zero attached hydrogens (tertiary/aromatic N) is 2. The molecule has 1 N–H and O–H groups in total. The second-order valence-electron chi connectivity index (χ2n) is 5.16. The lowest BCUT2D eigenvalue weighted by molar-refractivity contribution is 0.911. The van der Waals surface area contributed by atoms with Gasteiger partial charge in [-0.25, -0.2) is 9.97 Å². The molecule has 112 valence electrons. The Balaban J connectivity index is 2.30. The van der Waals surface area contributed by atoms with Crippen LogP contribution in [-0.4, -0.2) is 16.5 Å². The predicted octanol–water partition coefficient (Wildman–Crippen LogP) is 4.63. The van der Waals surface area contributed by atoms with Crippen molar-refractivity contribution in [1.29, 1.82) is 0 Å². The van der Waals surface area contributed by atoms with E-state index in [0.29, 0.717) is 0 Å². The number of aromatic nitrogens is 2. The molecule has 0 saturated carbocycles. The third kappa shape index (κ3) is 3.97. The topological polar surface area (TPSA) is 37.8 Å². The van der Waals surface area contributed by atoms with E-state index in [-0.39, 0.29) is 0 Å². The van der Waals surface area contributed by atoms with E-state index in [0.717, 1.165) is 30.2 Å². The SMILES string of the molecule is CCCNc1ncnc(Sc2ccc(C)cc2C)c1CC. The van der Waals surface area contributed by atoms with Gasteiger partial charge in [-0.05, 0) is 38.3 Å². The first-order valence-corrected chi connectivity index (χ1v) is 8.30. The van der Waals surface area contributed by atoms with Crippen LogP contribution in [0.25, 0.3) is 0 Å². The molecule has 21 heavy (non-hydrogen) atoms. The molecule has 0 unspecified atom stereocenters. The van der Waals surface area contributed by atoms with Crippen molar-refractivity contribution in [3.8, 4) is 0 Å². The van der Waals surface area contributed by atoms with Crippen LogP contribution in [-0.2, 0) is 6.42 Å². The van der Waals surface area contributed by atoms with Crippen molar-refractivity contribution in [3.63, 3.8) is 0 Å². The lowest BCUT2D eigenvalue weighted by atomic mass is 10.2. The molecule has 1 aromatic carbocycles. The second kappa shape index (κ2) is 7.46. The summed E-state index contributed by atoms with van der Waals surface area (Å²) in [6, 6.07) is 6.54. The minimum Gasteiger partial charge on any atom is -0.370 e. The lowest BCUT2D eigenvalue weighted by Gasteiger charge is -2.13. The molecule has 1 heterocycles. The van der Waals surface area contributed by atoms with Gasteiger partial charge in [0.15, 0.2) is 0 Å². The standard InChI is InChI=1S/C17H23N3S/c1-5-9-18-16-14(6-2)17(20-11-19-16)21-15-8-7-12(3)10-13(15)4/h7-8,10-11H,5-6,9H2,1-4H3,(H,18,19,20). The monoisotopic (exact) mass is 301 g/mol. The number of nitrogens with one attached hydrogen (secondary N) is 1. The zero-order valence-corrected chi connectivity index (χ0v) is 14.0. The Kier molecular flexibility index (Phi) is 5.62. The fourth-order valence-electron chi connectivity index (χ4n) is 2.22. The Hall–Kier alpha value is -1.55. The van der Waals surface area contributed by atoms with Gasteiger partial charge in [-0.3, -0.25) is 0 Å². The summed E-state index contributed by atoms with van der Waals surface area (Å²) in [5.41, 5.74) is 3.79. The van der Waals surface area contributed by atoms with Gasteiger partial charge in [0.2, 0.25) is 0 Å². The van der Waals surface area contributed by atoms with Gasteiger partial charge < -0.3 is 5.32 Å². The highest BCUT2D eigenvalue weighted by Crippen LogP contribution is 2.33. The maximum absolute atomic E-state index is 4.49. The average Bonchev–Trinajstić information content (AvgIpc) is 2.48. The number of hydrogen-bond acceptors (Lipinski definition) is 4. The van der Waals surface area contributed by atoms with Crippen LogP contribution in [0.15, 0.2) is 34.4 Å². The summed E-state index contributed by atoms with van der Waals surface area (Å²) in [6.07, 6.45) is 3.68. The van der Waals surface area contributed by atoms with Crippen LogP contribution in [0.5, 0.6) is 0 Å². The minimum absolute atomic E-state index is 0.931. The molecule has 0 aliphatic carbocycles. The number of hydrogen-bond donors (Lipinski definition) is 1. The summed E-state index contributed by atoms with van der Waals surface area (Å²) >= 11 is 1.73. The van der Waals surface area contributed by atoms with E-state index in [1.54, 1.807) is 18.1 Å². The first-order chi connectivity index (χ1) is 10.2. The van der Waals surface area contributed by atoms with Crippen LogP contribution < -0.4 is 5.32 Å². The number of anilines is 1. The molecule has 1 aromatic heterocycles. The third-order valence-electron chi connectivity index (χ3n) is 3.34.